The van der Waals surface area contributed by atoms with Gasteiger partial charge in [-0.05, 0) is 37.1 Å². The van der Waals surface area contributed by atoms with Crippen LogP contribution in [0.1, 0.15) is 25.3 Å². The molecule has 1 aromatic carbocycles. The average molecular weight is 251 g/mol. The number of carboxylic acid groups (broad SMARTS) is 1. The summed E-state index contributed by atoms with van der Waals surface area (Å²) < 4.78 is 5.09. The quantitative estimate of drug-likeness (QED) is 0.742. The maximum atomic E-state index is 10.8. The average Bonchev–Trinajstić information content (AvgIpc) is 2.36. The van der Waals surface area contributed by atoms with E-state index < -0.39 is 5.97 Å². The molecule has 0 aliphatic heterocycles. The lowest BCUT2D eigenvalue weighted by molar-refractivity contribution is -0.137. The molecule has 0 aromatic heterocycles. The monoisotopic (exact) mass is 251 g/mol. The molecule has 4 nitrogen and oxygen atoms in total. The minimum Gasteiger partial charge on any atom is -0.497 e. The van der Waals surface area contributed by atoms with Crippen LogP contribution in [0.4, 0.5) is 0 Å². The van der Waals surface area contributed by atoms with Gasteiger partial charge in [-0.25, -0.2) is 0 Å². The Morgan fingerprint density at radius 3 is 2.56 bits per heavy atom. The minimum atomic E-state index is -0.767. The number of nitrogens with one attached hydrogen (secondary N) is 1. The Labute approximate surface area is 108 Å². The van der Waals surface area contributed by atoms with Crippen LogP contribution in [0, 0.1) is 0 Å². The largest absolute Gasteiger partial charge is 0.497 e. The molecule has 0 bridgehead atoms. The number of carbonyl (C=O) groups is 1. The molecule has 0 saturated carbocycles. The van der Waals surface area contributed by atoms with Crippen molar-refractivity contribution in [1.29, 1.82) is 0 Å². The van der Waals surface area contributed by atoms with Crippen LogP contribution in [0.3, 0.4) is 0 Å². The highest BCUT2D eigenvalue weighted by Crippen LogP contribution is 2.13. The number of rotatable bonds is 8. The second-order valence-corrected chi connectivity index (χ2v) is 4.30. The highest BCUT2D eigenvalue weighted by atomic mass is 16.5. The molecule has 1 atom stereocenters. The molecule has 1 rings (SSSR count). The van der Waals surface area contributed by atoms with Gasteiger partial charge in [-0.3, -0.25) is 4.79 Å². The van der Waals surface area contributed by atoms with Gasteiger partial charge < -0.3 is 15.2 Å². The molecule has 0 fully saturated rings. The maximum Gasteiger partial charge on any atom is 0.304 e. The van der Waals surface area contributed by atoms with Gasteiger partial charge in [0.25, 0.3) is 0 Å². The molecular formula is C14H21NO3. The Morgan fingerprint density at radius 2 is 2.06 bits per heavy atom. The number of hydrogen-bond acceptors (Lipinski definition) is 3. The number of hydrogen-bond donors (Lipinski definition) is 2. The van der Waals surface area contributed by atoms with Crippen molar-refractivity contribution in [1.82, 2.24) is 5.32 Å². The van der Waals surface area contributed by atoms with Crippen molar-refractivity contribution in [3.8, 4) is 5.75 Å². The summed E-state index contributed by atoms with van der Waals surface area (Å²) in [5.74, 6) is 0.0483. The fourth-order valence-corrected chi connectivity index (χ4v) is 1.82. The Balaban J connectivity index is 2.59. The van der Waals surface area contributed by atoms with Crippen molar-refractivity contribution in [3.05, 3.63) is 29.8 Å². The molecule has 0 radical (unpaired) electrons. The summed E-state index contributed by atoms with van der Waals surface area (Å²) in [7, 11) is 1.63. The van der Waals surface area contributed by atoms with Gasteiger partial charge in [0.05, 0.1) is 13.5 Å². The van der Waals surface area contributed by atoms with Gasteiger partial charge in [0.2, 0.25) is 0 Å². The molecular weight excluding hydrogens is 230 g/mol. The zero-order valence-electron chi connectivity index (χ0n) is 11.0. The summed E-state index contributed by atoms with van der Waals surface area (Å²) in [5, 5.41) is 12.1. The standard InChI is InChI=1S/C14H21NO3/c1-3-8-15-12(10-14(16)17)9-11-4-6-13(18-2)7-5-11/h4-7,12,15H,3,8-10H2,1-2H3,(H,16,17). The van der Waals surface area contributed by atoms with E-state index >= 15 is 0 Å². The molecule has 0 spiro atoms. The van der Waals surface area contributed by atoms with Crippen LogP contribution in [0.2, 0.25) is 0 Å². The second-order valence-electron chi connectivity index (χ2n) is 4.30. The smallest absolute Gasteiger partial charge is 0.304 e. The lowest BCUT2D eigenvalue weighted by Gasteiger charge is -2.16. The summed E-state index contributed by atoms with van der Waals surface area (Å²) in [6.45, 7) is 2.91. The Bertz CT molecular complexity index is 362. The van der Waals surface area contributed by atoms with Gasteiger partial charge in [0.15, 0.2) is 0 Å². The highest BCUT2D eigenvalue weighted by molar-refractivity contribution is 5.67. The molecule has 0 amide bonds. The number of carboxylic acids is 1. The Hall–Kier alpha value is -1.55. The SMILES string of the molecule is CCCNC(CC(=O)O)Cc1ccc(OC)cc1. The maximum absolute atomic E-state index is 10.8. The molecule has 18 heavy (non-hydrogen) atoms. The van der Waals surface area contributed by atoms with E-state index in [2.05, 4.69) is 12.2 Å². The fraction of sp³-hybridized carbons (Fsp3) is 0.500. The Kier molecular flexibility index (Phi) is 6.22. The van der Waals surface area contributed by atoms with E-state index in [1.165, 1.54) is 0 Å². The number of ether oxygens (including phenoxy) is 1. The summed E-state index contributed by atoms with van der Waals surface area (Å²) in [4.78, 5) is 10.8. The van der Waals surface area contributed by atoms with Gasteiger partial charge in [-0.1, -0.05) is 19.1 Å². The Morgan fingerprint density at radius 1 is 1.39 bits per heavy atom. The number of aliphatic carboxylic acids is 1. The second kappa shape index (κ2) is 7.71. The highest BCUT2D eigenvalue weighted by Gasteiger charge is 2.12. The molecule has 2 N–H and O–H groups in total. The third-order valence-corrected chi connectivity index (χ3v) is 2.75. The molecule has 4 heteroatoms. The van der Waals surface area contributed by atoms with Crippen LogP contribution in [-0.2, 0) is 11.2 Å². The zero-order valence-corrected chi connectivity index (χ0v) is 11.0. The van der Waals surface area contributed by atoms with E-state index in [-0.39, 0.29) is 12.5 Å². The van der Waals surface area contributed by atoms with E-state index in [4.69, 9.17) is 9.84 Å². The zero-order chi connectivity index (χ0) is 13.4. The van der Waals surface area contributed by atoms with E-state index in [0.717, 1.165) is 30.7 Å². The molecule has 1 unspecified atom stereocenters. The van der Waals surface area contributed by atoms with Crippen LogP contribution in [0.5, 0.6) is 5.75 Å². The summed E-state index contributed by atoms with van der Waals surface area (Å²) in [6, 6.07) is 7.72. The van der Waals surface area contributed by atoms with Crippen molar-refractivity contribution in [2.24, 2.45) is 0 Å². The van der Waals surface area contributed by atoms with Crippen molar-refractivity contribution in [3.63, 3.8) is 0 Å². The normalized spacial score (nSPS) is 12.1. The van der Waals surface area contributed by atoms with Crippen LogP contribution >= 0.6 is 0 Å². The van der Waals surface area contributed by atoms with E-state index in [9.17, 15) is 4.79 Å². The van der Waals surface area contributed by atoms with Crippen molar-refractivity contribution >= 4 is 5.97 Å². The van der Waals surface area contributed by atoms with Crippen LogP contribution in [0.15, 0.2) is 24.3 Å². The minimum absolute atomic E-state index is 0.0177. The lowest BCUT2D eigenvalue weighted by Crippen LogP contribution is -2.33. The van der Waals surface area contributed by atoms with Crippen molar-refractivity contribution in [2.75, 3.05) is 13.7 Å². The topological polar surface area (TPSA) is 58.6 Å². The van der Waals surface area contributed by atoms with Gasteiger partial charge in [-0.2, -0.15) is 0 Å². The number of methoxy groups -OCH3 is 1. The van der Waals surface area contributed by atoms with Gasteiger partial charge in [0, 0.05) is 6.04 Å². The van der Waals surface area contributed by atoms with Gasteiger partial charge in [-0.15, -0.1) is 0 Å². The first-order valence-electron chi connectivity index (χ1n) is 6.23. The van der Waals surface area contributed by atoms with Crippen molar-refractivity contribution in [2.45, 2.75) is 32.2 Å². The molecule has 0 aliphatic rings. The van der Waals surface area contributed by atoms with Crippen molar-refractivity contribution < 1.29 is 14.6 Å². The van der Waals surface area contributed by atoms with E-state index in [1.54, 1.807) is 7.11 Å². The third kappa shape index (κ3) is 5.19. The summed E-state index contributed by atoms with van der Waals surface area (Å²) in [6.07, 6.45) is 1.86. The van der Waals surface area contributed by atoms with E-state index in [1.807, 2.05) is 24.3 Å². The lowest BCUT2D eigenvalue weighted by atomic mass is 10.0. The fourth-order valence-electron chi connectivity index (χ4n) is 1.82. The molecule has 0 aliphatic carbocycles. The first-order chi connectivity index (χ1) is 8.65. The first-order valence-corrected chi connectivity index (χ1v) is 6.23. The number of benzene rings is 1. The molecule has 1 aromatic rings. The molecule has 0 saturated heterocycles. The predicted octanol–water partition coefficient (Wildman–Crippen LogP) is 2.08. The first kappa shape index (κ1) is 14.5. The van der Waals surface area contributed by atoms with Crippen LogP contribution < -0.4 is 10.1 Å². The van der Waals surface area contributed by atoms with Crippen LogP contribution in [0.25, 0.3) is 0 Å². The summed E-state index contributed by atoms with van der Waals surface area (Å²) >= 11 is 0. The molecule has 100 valence electrons. The van der Waals surface area contributed by atoms with Gasteiger partial charge in [0.1, 0.15) is 5.75 Å². The third-order valence-electron chi connectivity index (χ3n) is 2.75. The van der Waals surface area contributed by atoms with Crippen LogP contribution in [-0.4, -0.2) is 30.8 Å². The summed E-state index contributed by atoms with van der Waals surface area (Å²) in [5.41, 5.74) is 1.12. The van der Waals surface area contributed by atoms with Gasteiger partial charge >= 0.3 is 5.97 Å². The van der Waals surface area contributed by atoms with E-state index in [0.29, 0.717) is 0 Å². The molecule has 0 heterocycles. The predicted molar refractivity (Wildman–Crippen MR) is 71.0 cm³/mol.